The molecular weight excluding hydrogens is 512 g/mol. The molecule has 1 amide bonds. The van der Waals surface area contributed by atoms with Gasteiger partial charge in [-0.1, -0.05) is 33.2 Å². The number of anilines is 1. The molecule has 34 heavy (non-hydrogen) atoms. The fourth-order valence-corrected chi connectivity index (χ4v) is 3.42. The number of hydrogen-bond acceptors (Lipinski definition) is 10. The Kier molecular flexibility index (Phi) is 9.47. The number of hydrogen-bond donors (Lipinski definition) is 2. The van der Waals surface area contributed by atoms with Crippen LogP contribution < -0.4 is 16.2 Å². The van der Waals surface area contributed by atoms with E-state index in [0.717, 1.165) is 0 Å². The van der Waals surface area contributed by atoms with Crippen LogP contribution in [0.2, 0.25) is 0 Å². The van der Waals surface area contributed by atoms with Crippen molar-refractivity contribution in [3.63, 3.8) is 0 Å². The summed E-state index contributed by atoms with van der Waals surface area (Å²) >= 11 is 3.07. The molecule has 2 N–H and O–H groups in total. The lowest BCUT2D eigenvalue weighted by Crippen LogP contribution is -2.47. The number of alkyl halides is 1. The summed E-state index contributed by atoms with van der Waals surface area (Å²) in [7, 11) is 0. The number of nitrogens with one attached hydrogen (secondary N) is 2. The highest BCUT2D eigenvalue weighted by Gasteiger charge is 2.29. The van der Waals surface area contributed by atoms with Crippen molar-refractivity contribution in [3.05, 3.63) is 34.1 Å². The van der Waals surface area contributed by atoms with Crippen LogP contribution in [0.15, 0.2) is 21.8 Å². The predicted octanol–water partition coefficient (Wildman–Crippen LogP) is 1.68. The molecular formula is C21H29BrN6O6. The van der Waals surface area contributed by atoms with E-state index in [-0.39, 0.29) is 30.5 Å². The van der Waals surface area contributed by atoms with Gasteiger partial charge in [-0.05, 0) is 34.1 Å². The van der Waals surface area contributed by atoms with Crippen LogP contribution in [0.5, 0.6) is 0 Å². The molecule has 2 heterocycles. The van der Waals surface area contributed by atoms with Crippen molar-refractivity contribution in [1.82, 2.24) is 25.2 Å². The molecule has 0 fully saturated rings. The Bertz CT molecular complexity index is 1080. The quantitative estimate of drug-likeness (QED) is 0.317. The van der Waals surface area contributed by atoms with Crippen LogP contribution in [0.1, 0.15) is 58.0 Å². The van der Waals surface area contributed by atoms with E-state index in [0.29, 0.717) is 11.4 Å². The number of ether oxygens (including phenoxy) is 1. The summed E-state index contributed by atoms with van der Waals surface area (Å²) in [6.45, 7) is 8.72. The van der Waals surface area contributed by atoms with E-state index in [9.17, 15) is 19.2 Å². The number of esters is 1. The van der Waals surface area contributed by atoms with Gasteiger partial charge in [0.1, 0.15) is 23.0 Å². The molecule has 2 rings (SSSR count). The van der Waals surface area contributed by atoms with Gasteiger partial charge in [-0.25, -0.2) is 9.61 Å². The topological polar surface area (TPSA) is 158 Å². The fourth-order valence-electron chi connectivity index (χ4n) is 3.03. The SMILES string of the molecule is CC[C@@H](C(=O)N[C@@H](CC(=O)OC(C)(C)C)C(=O)CBr)n1ccnc(NCc2nonc2C)c1=O. The number of aryl methyl sites for hydroxylation is 1. The largest absolute Gasteiger partial charge is 0.460 e. The van der Waals surface area contributed by atoms with Gasteiger partial charge in [-0.2, -0.15) is 0 Å². The molecule has 0 radical (unpaired) electrons. The molecule has 0 aliphatic rings. The Balaban J connectivity index is 2.19. The monoisotopic (exact) mass is 540 g/mol. The van der Waals surface area contributed by atoms with Gasteiger partial charge in [0.2, 0.25) is 5.91 Å². The zero-order chi connectivity index (χ0) is 25.5. The fraction of sp³-hybridized carbons (Fsp3) is 0.571. The van der Waals surface area contributed by atoms with E-state index >= 15 is 0 Å². The summed E-state index contributed by atoms with van der Waals surface area (Å²) < 4.78 is 11.1. The number of carbonyl (C=O) groups excluding carboxylic acids is 3. The number of nitrogens with zero attached hydrogens (tertiary/aromatic N) is 4. The molecule has 2 aromatic rings. The second-order valence-electron chi connectivity index (χ2n) is 8.51. The van der Waals surface area contributed by atoms with Gasteiger partial charge in [0.05, 0.1) is 24.3 Å². The van der Waals surface area contributed by atoms with E-state index < -0.39 is 40.9 Å². The molecule has 12 nitrogen and oxygen atoms in total. The van der Waals surface area contributed by atoms with E-state index in [1.54, 1.807) is 34.6 Å². The van der Waals surface area contributed by atoms with Crippen molar-refractivity contribution in [2.75, 3.05) is 10.6 Å². The number of carbonyl (C=O) groups is 3. The van der Waals surface area contributed by atoms with Crippen LogP contribution in [0.3, 0.4) is 0 Å². The minimum absolute atomic E-state index is 0.0120. The number of rotatable bonds is 11. The maximum Gasteiger partial charge on any atom is 0.308 e. The third kappa shape index (κ3) is 7.47. The minimum Gasteiger partial charge on any atom is -0.460 e. The van der Waals surface area contributed by atoms with Crippen molar-refractivity contribution in [2.24, 2.45) is 0 Å². The van der Waals surface area contributed by atoms with Gasteiger partial charge in [0, 0.05) is 12.4 Å². The number of aromatic nitrogens is 4. The third-order valence-electron chi connectivity index (χ3n) is 4.69. The zero-order valence-corrected chi connectivity index (χ0v) is 21.3. The summed E-state index contributed by atoms with van der Waals surface area (Å²) in [4.78, 5) is 54.7. The van der Waals surface area contributed by atoms with Crippen molar-refractivity contribution in [3.8, 4) is 0 Å². The lowest BCUT2D eigenvalue weighted by Gasteiger charge is -2.24. The summed E-state index contributed by atoms with van der Waals surface area (Å²) in [6, 6.07) is -2.04. The first-order chi connectivity index (χ1) is 16.0. The minimum atomic E-state index is -1.10. The average Bonchev–Trinajstić information content (AvgIpc) is 3.16. The highest BCUT2D eigenvalue weighted by atomic mass is 79.9. The van der Waals surface area contributed by atoms with E-state index in [1.165, 1.54) is 17.0 Å². The Morgan fingerprint density at radius 2 is 1.97 bits per heavy atom. The Morgan fingerprint density at radius 1 is 1.26 bits per heavy atom. The molecule has 13 heteroatoms. The van der Waals surface area contributed by atoms with Gasteiger partial charge in [-0.3, -0.25) is 23.7 Å². The molecule has 0 unspecified atom stereocenters. The summed E-state index contributed by atoms with van der Waals surface area (Å²) in [6.07, 6.45) is 2.70. The summed E-state index contributed by atoms with van der Waals surface area (Å²) in [5.74, 6) is -1.58. The van der Waals surface area contributed by atoms with Gasteiger partial charge in [0.25, 0.3) is 5.56 Å². The summed E-state index contributed by atoms with van der Waals surface area (Å²) in [5, 5.41) is 12.8. The summed E-state index contributed by atoms with van der Waals surface area (Å²) in [5.41, 5.74) is -0.181. The average molecular weight is 541 g/mol. The lowest BCUT2D eigenvalue weighted by molar-refractivity contribution is -0.156. The molecule has 2 atom stereocenters. The first kappa shape index (κ1) is 27.2. The second-order valence-corrected chi connectivity index (χ2v) is 9.07. The molecule has 0 spiro atoms. The van der Waals surface area contributed by atoms with Crippen LogP contribution in [0.4, 0.5) is 5.82 Å². The first-order valence-electron chi connectivity index (χ1n) is 10.7. The van der Waals surface area contributed by atoms with Crippen molar-refractivity contribution >= 4 is 39.4 Å². The van der Waals surface area contributed by atoms with Crippen LogP contribution in [0, 0.1) is 6.92 Å². The van der Waals surface area contributed by atoms with Gasteiger partial charge >= 0.3 is 5.97 Å². The maximum atomic E-state index is 13.1. The maximum absolute atomic E-state index is 13.1. The predicted molar refractivity (Wildman–Crippen MR) is 125 cm³/mol. The number of amides is 1. The third-order valence-corrected chi connectivity index (χ3v) is 5.24. The molecule has 186 valence electrons. The van der Waals surface area contributed by atoms with Gasteiger partial charge in [0.15, 0.2) is 11.6 Å². The van der Waals surface area contributed by atoms with Crippen LogP contribution in [-0.4, -0.2) is 54.5 Å². The molecule has 0 aliphatic heterocycles. The Hall–Kier alpha value is -3.09. The molecule has 0 aromatic carbocycles. The lowest BCUT2D eigenvalue weighted by atomic mass is 10.1. The van der Waals surface area contributed by atoms with Crippen LogP contribution in [-0.2, 0) is 25.7 Å². The molecule has 0 bridgehead atoms. The van der Waals surface area contributed by atoms with Crippen molar-refractivity contribution in [2.45, 2.75) is 71.7 Å². The molecule has 0 saturated carbocycles. The van der Waals surface area contributed by atoms with Gasteiger partial charge < -0.3 is 15.4 Å². The Labute approximate surface area is 204 Å². The van der Waals surface area contributed by atoms with E-state index in [4.69, 9.17) is 4.74 Å². The second kappa shape index (κ2) is 11.9. The molecule has 0 saturated heterocycles. The van der Waals surface area contributed by atoms with E-state index in [1.807, 2.05) is 0 Å². The van der Waals surface area contributed by atoms with Crippen LogP contribution in [0.25, 0.3) is 0 Å². The smallest absolute Gasteiger partial charge is 0.308 e. The first-order valence-corrected chi connectivity index (χ1v) is 11.8. The van der Waals surface area contributed by atoms with Crippen molar-refractivity contribution < 1.29 is 23.7 Å². The molecule has 2 aromatic heterocycles. The normalized spacial score (nSPS) is 13.1. The highest BCUT2D eigenvalue weighted by molar-refractivity contribution is 9.09. The highest BCUT2D eigenvalue weighted by Crippen LogP contribution is 2.14. The number of Topliss-reactive ketones (excluding diaryl/α,β-unsaturated/α-hetero) is 1. The molecule has 0 aliphatic carbocycles. The van der Waals surface area contributed by atoms with Crippen molar-refractivity contribution in [1.29, 1.82) is 0 Å². The van der Waals surface area contributed by atoms with E-state index in [2.05, 4.69) is 46.5 Å². The standard InChI is InChI=1S/C21H29BrN6O6/c1-6-15(19(31)25-13(16(29)10-22)9-17(30)33-21(3,4)5)28-8-7-23-18(20(28)32)24-11-14-12(2)26-34-27-14/h7-8,13,15H,6,9-11H2,1-5H3,(H,23,24)(H,25,31)/t13-,15-/m0/s1. The number of ketones is 1. The zero-order valence-electron chi connectivity index (χ0n) is 19.8. The Morgan fingerprint density at radius 3 is 2.53 bits per heavy atom. The number of halogens is 1. The van der Waals surface area contributed by atoms with Crippen LogP contribution >= 0.6 is 15.9 Å². The van der Waals surface area contributed by atoms with Gasteiger partial charge in [-0.15, -0.1) is 0 Å².